The molecule has 0 aliphatic heterocycles. The van der Waals surface area contributed by atoms with Crippen molar-refractivity contribution < 1.29 is 4.79 Å². The van der Waals surface area contributed by atoms with Gasteiger partial charge in [0.2, 0.25) is 0 Å². The van der Waals surface area contributed by atoms with E-state index in [0.29, 0.717) is 10.6 Å². The molecule has 0 unspecified atom stereocenters. The molecule has 94 valence electrons. The lowest BCUT2D eigenvalue weighted by Gasteiger charge is -2.01. The second-order valence-corrected chi connectivity index (χ2v) is 4.44. The van der Waals surface area contributed by atoms with Crippen molar-refractivity contribution in [2.45, 2.75) is 0 Å². The summed E-state index contributed by atoms with van der Waals surface area (Å²) in [6.07, 6.45) is 0. The van der Waals surface area contributed by atoms with Crippen molar-refractivity contribution >= 4 is 23.2 Å². The van der Waals surface area contributed by atoms with Gasteiger partial charge in [-0.1, -0.05) is 35.4 Å². The van der Waals surface area contributed by atoms with E-state index in [1.807, 2.05) is 30.3 Å². The summed E-state index contributed by atoms with van der Waals surface area (Å²) < 4.78 is 0. The zero-order chi connectivity index (χ0) is 13.1. The van der Waals surface area contributed by atoms with Crippen LogP contribution in [-0.4, -0.2) is 31.5 Å². The van der Waals surface area contributed by atoms with E-state index >= 15 is 0 Å². The number of tetrazole rings is 1. The molecule has 3 rings (SSSR count). The van der Waals surface area contributed by atoms with E-state index in [-0.39, 0.29) is 11.9 Å². The molecule has 2 N–H and O–H groups in total. The molecule has 19 heavy (non-hydrogen) atoms. The largest absolute Gasteiger partial charge is 0.287 e. The second-order valence-electron chi connectivity index (χ2n) is 3.59. The molecular formula is C11H8N6OS. The minimum Gasteiger partial charge on any atom is -0.287 e. The van der Waals surface area contributed by atoms with Crippen LogP contribution in [-0.2, 0) is 0 Å². The van der Waals surface area contributed by atoms with Crippen molar-refractivity contribution in [3.8, 4) is 11.3 Å². The SMILES string of the molecule is O=C(Nc1nn[nH]n1)c1scnc1-c1ccccc1. The Labute approximate surface area is 111 Å². The summed E-state index contributed by atoms with van der Waals surface area (Å²) in [6.45, 7) is 0. The Balaban J connectivity index is 1.90. The summed E-state index contributed by atoms with van der Waals surface area (Å²) >= 11 is 1.27. The number of carbonyl (C=O) groups is 1. The van der Waals surface area contributed by atoms with Crippen LogP contribution >= 0.6 is 11.3 Å². The number of rotatable bonds is 3. The van der Waals surface area contributed by atoms with Gasteiger partial charge in [-0.3, -0.25) is 10.1 Å². The molecule has 1 amide bonds. The summed E-state index contributed by atoms with van der Waals surface area (Å²) in [4.78, 5) is 16.8. The topological polar surface area (TPSA) is 96.5 Å². The van der Waals surface area contributed by atoms with E-state index in [4.69, 9.17) is 0 Å². The highest BCUT2D eigenvalue weighted by Gasteiger charge is 2.17. The molecule has 0 aliphatic rings. The van der Waals surface area contributed by atoms with E-state index in [0.717, 1.165) is 5.56 Å². The van der Waals surface area contributed by atoms with E-state index in [9.17, 15) is 4.79 Å². The maximum Gasteiger partial charge on any atom is 0.270 e. The molecule has 0 radical (unpaired) electrons. The summed E-state index contributed by atoms with van der Waals surface area (Å²) in [6, 6.07) is 9.51. The van der Waals surface area contributed by atoms with Crippen molar-refractivity contribution in [1.82, 2.24) is 25.6 Å². The lowest BCUT2D eigenvalue weighted by atomic mass is 10.1. The van der Waals surface area contributed by atoms with Crippen molar-refractivity contribution in [2.24, 2.45) is 0 Å². The Morgan fingerprint density at radius 1 is 1.26 bits per heavy atom. The molecule has 0 saturated carbocycles. The fraction of sp³-hybridized carbons (Fsp3) is 0. The predicted octanol–water partition coefficient (Wildman–Crippen LogP) is 1.58. The number of hydrogen-bond acceptors (Lipinski definition) is 6. The van der Waals surface area contributed by atoms with E-state index in [1.165, 1.54) is 11.3 Å². The van der Waals surface area contributed by atoms with Crippen LogP contribution < -0.4 is 5.32 Å². The van der Waals surface area contributed by atoms with E-state index < -0.39 is 0 Å². The van der Waals surface area contributed by atoms with Crippen LogP contribution in [0.3, 0.4) is 0 Å². The van der Waals surface area contributed by atoms with Crippen LogP contribution in [0.4, 0.5) is 5.95 Å². The number of thiazole rings is 1. The third-order valence-corrected chi connectivity index (χ3v) is 3.22. The van der Waals surface area contributed by atoms with Crippen LogP contribution in [0.15, 0.2) is 35.8 Å². The van der Waals surface area contributed by atoms with Gasteiger partial charge in [-0.05, 0) is 5.21 Å². The molecule has 3 aromatic rings. The molecule has 7 nitrogen and oxygen atoms in total. The third-order valence-electron chi connectivity index (χ3n) is 2.39. The average Bonchev–Trinajstić information content (AvgIpc) is 3.10. The molecule has 2 heterocycles. The van der Waals surface area contributed by atoms with Gasteiger partial charge in [0.15, 0.2) is 0 Å². The number of benzene rings is 1. The first-order valence-corrected chi connectivity index (χ1v) is 6.26. The molecular weight excluding hydrogens is 264 g/mol. The monoisotopic (exact) mass is 272 g/mol. The number of carbonyl (C=O) groups excluding carboxylic acids is 1. The van der Waals surface area contributed by atoms with Crippen molar-refractivity contribution in [3.63, 3.8) is 0 Å². The van der Waals surface area contributed by atoms with Gasteiger partial charge in [-0.25, -0.2) is 4.98 Å². The zero-order valence-corrected chi connectivity index (χ0v) is 10.4. The molecule has 0 saturated heterocycles. The Hall–Kier alpha value is -2.61. The number of hydrogen-bond donors (Lipinski definition) is 2. The van der Waals surface area contributed by atoms with Crippen molar-refractivity contribution in [3.05, 3.63) is 40.7 Å². The van der Waals surface area contributed by atoms with Crippen LogP contribution in [0.1, 0.15) is 9.67 Å². The Morgan fingerprint density at radius 3 is 2.84 bits per heavy atom. The van der Waals surface area contributed by atoms with Crippen molar-refractivity contribution in [2.75, 3.05) is 5.32 Å². The summed E-state index contributed by atoms with van der Waals surface area (Å²) in [5.74, 6) is -0.167. The molecule has 0 atom stereocenters. The van der Waals surface area contributed by atoms with E-state index in [2.05, 4.69) is 30.9 Å². The number of aromatic amines is 1. The first-order valence-electron chi connectivity index (χ1n) is 5.38. The van der Waals surface area contributed by atoms with Gasteiger partial charge in [-0.15, -0.1) is 16.4 Å². The number of nitrogens with one attached hydrogen (secondary N) is 2. The molecule has 0 spiro atoms. The summed E-state index contributed by atoms with van der Waals surface area (Å²) in [5, 5.41) is 15.5. The molecule has 0 bridgehead atoms. The maximum absolute atomic E-state index is 12.1. The highest BCUT2D eigenvalue weighted by atomic mass is 32.1. The molecule has 8 heteroatoms. The predicted molar refractivity (Wildman–Crippen MR) is 69.7 cm³/mol. The van der Waals surface area contributed by atoms with Crippen LogP contribution in [0.5, 0.6) is 0 Å². The highest BCUT2D eigenvalue weighted by molar-refractivity contribution is 7.12. The van der Waals surface area contributed by atoms with Gasteiger partial charge in [0.25, 0.3) is 11.9 Å². The second kappa shape index (κ2) is 4.94. The summed E-state index contributed by atoms with van der Waals surface area (Å²) in [5.41, 5.74) is 3.17. The van der Waals surface area contributed by atoms with Gasteiger partial charge in [0.1, 0.15) is 4.88 Å². The van der Waals surface area contributed by atoms with Crippen LogP contribution in [0.2, 0.25) is 0 Å². The van der Waals surface area contributed by atoms with Gasteiger partial charge in [0.05, 0.1) is 11.2 Å². The average molecular weight is 272 g/mol. The minimum atomic E-state index is -0.303. The molecule has 1 aromatic carbocycles. The van der Waals surface area contributed by atoms with Crippen molar-refractivity contribution in [1.29, 1.82) is 0 Å². The lowest BCUT2D eigenvalue weighted by Crippen LogP contribution is -2.12. The molecule has 0 fully saturated rings. The fourth-order valence-corrected chi connectivity index (χ4v) is 2.29. The number of amides is 1. The Bertz CT molecular complexity index is 678. The normalized spacial score (nSPS) is 10.3. The number of aromatic nitrogens is 5. The van der Waals surface area contributed by atoms with Gasteiger partial charge in [-0.2, -0.15) is 5.21 Å². The maximum atomic E-state index is 12.1. The number of anilines is 1. The van der Waals surface area contributed by atoms with Crippen LogP contribution in [0.25, 0.3) is 11.3 Å². The zero-order valence-electron chi connectivity index (χ0n) is 9.57. The number of nitrogens with zero attached hydrogens (tertiary/aromatic N) is 4. The quantitative estimate of drug-likeness (QED) is 0.754. The lowest BCUT2D eigenvalue weighted by molar-refractivity contribution is 0.103. The highest BCUT2D eigenvalue weighted by Crippen LogP contribution is 2.25. The van der Waals surface area contributed by atoms with Crippen LogP contribution in [0, 0.1) is 0 Å². The van der Waals surface area contributed by atoms with Gasteiger partial charge in [0, 0.05) is 5.56 Å². The van der Waals surface area contributed by atoms with Gasteiger partial charge >= 0.3 is 0 Å². The fourth-order valence-electron chi connectivity index (χ4n) is 1.58. The first-order chi connectivity index (χ1) is 9.34. The standard InChI is InChI=1S/C11H8N6OS/c18-10(13-11-14-16-17-15-11)9-8(12-6-19-9)7-4-2-1-3-5-7/h1-6H,(H2,13,14,15,16,17,18). The third kappa shape index (κ3) is 2.33. The molecule has 0 aliphatic carbocycles. The van der Waals surface area contributed by atoms with Gasteiger partial charge < -0.3 is 0 Å². The minimum absolute atomic E-state index is 0.136. The van der Waals surface area contributed by atoms with E-state index in [1.54, 1.807) is 5.51 Å². The molecule has 2 aromatic heterocycles. The first kappa shape index (κ1) is 11.5. The smallest absolute Gasteiger partial charge is 0.270 e. The Morgan fingerprint density at radius 2 is 2.11 bits per heavy atom. The number of H-pyrrole nitrogens is 1. The summed E-state index contributed by atoms with van der Waals surface area (Å²) in [7, 11) is 0. The Kier molecular flexibility index (Phi) is 2.99.